The summed E-state index contributed by atoms with van der Waals surface area (Å²) >= 11 is 5.72. The van der Waals surface area contributed by atoms with Gasteiger partial charge >= 0.3 is 5.69 Å². The molecule has 0 spiro atoms. The molecule has 7 heteroatoms. The van der Waals surface area contributed by atoms with Gasteiger partial charge in [-0.2, -0.15) is 0 Å². The van der Waals surface area contributed by atoms with Crippen LogP contribution in [-0.4, -0.2) is 21.9 Å². The molecule has 1 saturated carbocycles. The van der Waals surface area contributed by atoms with Gasteiger partial charge in [0.05, 0.1) is 4.92 Å². The highest BCUT2D eigenvalue weighted by Gasteiger charge is 2.30. The molecule has 1 heterocycles. The van der Waals surface area contributed by atoms with Crippen LogP contribution in [0.5, 0.6) is 0 Å². The molecule has 1 aromatic heterocycles. The van der Waals surface area contributed by atoms with Gasteiger partial charge in [-0.15, -0.1) is 0 Å². The van der Waals surface area contributed by atoms with Crippen molar-refractivity contribution in [1.29, 1.82) is 0 Å². The number of pyridine rings is 1. The van der Waals surface area contributed by atoms with Gasteiger partial charge in [0.25, 0.3) is 5.91 Å². The van der Waals surface area contributed by atoms with Crippen LogP contribution in [0.3, 0.4) is 0 Å². The number of nitrogens with one attached hydrogen (secondary N) is 1. The summed E-state index contributed by atoms with van der Waals surface area (Å²) in [6.07, 6.45) is 5.11. The lowest BCUT2D eigenvalue weighted by atomic mass is 9.75. The van der Waals surface area contributed by atoms with Crippen molar-refractivity contribution in [1.82, 2.24) is 10.3 Å². The third-order valence-corrected chi connectivity index (χ3v) is 4.26. The van der Waals surface area contributed by atoms with Crippen LogP contribution in [0.15, 0.2) is 12.3 Å². The Balaban J connectivity index is 2.11. The van der Waals surface area contributed by atoms with E-state index in [4.69, 9.17) is 11.6 Å². The monoisotopic (exact) mass is 311 g/mol. The van der Waals surface area contributed by atoms with Crippen molar-refractivity contribution in [3.05, 3.63) is 33.1 Å². The van der Waals surface area contributed by atoms with Gasteiger partial charge in [-0.3, -0.25) is 14.9 Å². The zero-order chi connectivity index (χ0) is 15.6. The zero-order valence-corrected chi connectivity index (χ0v) is 12.8. The van der Waals surface area contributed by atoms with E-state index in [9.17, 15) is 14.9 Å². The van der Waals surface area contributed by atoms with Crippen LogP contribution in [0.4, 0.5) is 5.69 Å². The Morgan fingerprint density at radius 1 is 1.48 bits per heavy atom. The van der Waals surface area contributed by atoms with Crippen LogP contribution in [0.1, 0.15) is 49.9 Å². The number of hydrogen-bond acceptors (Lipinski definition) is 4. The van der Waals surface area contributed by atoms with Crippen molar-refractivity contribution < 1.29 is 9.72 Å². The Labute approximate surface area is 128 Å². The second-order valence-electron chi connectivity index (χ2n) is 6.17. The second-order valence-corrected chi connectivity index (χ2v) is 6.53. The Kier molecular flexibility index (Phi) is 4.46. The van der Waals surface area contributed by atoms with Crippen molar-refractivity contribution in [3.63, 3.8) is 0 Å². The Morgan fingerprint density at radius 3 is 2.67 bits per heavy atom. The first-order chi connectivity index (χ1) is 9.80. The van der Waals surface area contributed by atoms with Gasteiger partial charge in [-0.25, -0.2) is 4.98 Å². The molecule has 0 aliphatic heterocycles. The summed E-state index contributed by atoms with van der Waals surface area (Å²) in [6.45, 7) is 4.41. The van der Waals surface area contributed by atoms with E-state index in [1.165, 1.54) is 12.3 Å². The lowest BCUT2D eigenvalue weighted by Crippen LogP contribution is -2.39. The summed E-state index contributed by atoms with van der Waals surface area (Å²) in [5.41, 5.74) is -0.176. The summed E-state index contributed by atoms with van der Waals surface area (Å²) < 4.78 is 0. The molecular formula is C14H18ClN3O3. The van der Waals surface area contributed by atoms with E-state index >= 15 is 0 Å². The first-order valence-corrected chi connectivity index (χ1v) is 7.28. The summed E-state index contributed by atoms with van der Waals surface area (Å²) in [5.74, 6) is -0.462. The highest BCUT2D eigenvalue weighted by atomic mass is 35.5. The standard InChI is InChI=1S/C14H18ClN3O3/c1-14(2)6-3-9(4-7-14)17-13(19)10-5-8-16-12(15)11(10)18(20)21/h5,8-9H,3-4,6-7H2,1-2H3,(H,17,19). The molecule has 1 N–H and O–H groups in total. The number of rotatable bonds is 3. The third-order valence-electron chi connectivity index (χ3n) is 3.98. The molecular weight excluding hydrogens is 294 g/mol. The number of amides is 1. The molecule has 6 nitrogen and oxygen atoms in total. The minimum atomic E-state index is -0.672. The molecule has 2 rings (SSSR count). The van der Waals surface area contributed by atoms with Crippen LogP contribution in [0.25, 0.3) is 0 Å². The fourth-order valence-corrected chi connectivity index (χ4v) is 2.82. The van der Waals surface area contributed by atoms with E-state index in [-0.39, 0.29) is 16.8 Å². The summed E-state index contributed by atoms with van der Waals surface area (Å²) in [6, 6.07) is 1.38. The van der Waals surface area contributed by atoms with Gasteiger partial charge in [0.1, 0.15) is 5.56 Å². The molecule has 21 heavy (non-hydrogen) atoms. The molecule has 0 aromatic carbocycles. The summed E-state index contributed by atoms with van der Waals surface area (Å²) in [4.78, 5) is 26.3. The SMILES string of the molecule is CC1(C)CCC(NC(=O)c2ccnc(Cl)c2[N+](=O)[O-])CC1. The molecule has 0 radical (unpaired) electrons. The van der Waals surface area contributed by atoms with Gasteiger partial charge in [0, 0.05) is 12.2 Å². The van der Waals surface area contributed by atoms with Crippen molar-refractivity contribution in [2.75, 3.05) is 0 Å². The molecule has 0 atom stereocenters. The summed E-state index contributed by atoms with van der Waals surface area (Å²) in [5, 5.41) is 13.6. The fraction of sp³-hybridized carbons (Fsp3) is 0.571. The van der Waals surface area contributed by atoms with E-state index in [2.05, 4.69) is 24.1 Å². The Hall–Kier alpha value is -1.69. The van der Waals surface area contributed by atoms with E-state index < -0.39 is 16.5 Å². The second kappa shape index (κ2) is 5.97. The molecule has 0 saturated heterocycles. The van der Waals surface area contributed by atoms with E-state index in [1.54, 1.807) is 0 Å². The number of nitro groups is 1. The van der Waals surface area contributed by atoms with Crippen molar-refractivity contribution in [3.8, 4) is 0 Å². The van der Waals surface area contributed by atoms with Gasteiger partial charge in [-0.05, 0) is 37.2 Å². The first kappa shape index (κ1) is 15.7. The maximum atomic E-state index is 12.2. The Bertz CT molecular complexity index is 565. The predicted octanol–water partition coefficient (Wildman–Crippen LogP) is 3.34. The molecule has 1 amide bonds. The largest absolute Gasteiger partial charge is 0.349 e. The lowest BCUT2D eigenvalue weighted by molar-refractivity contribution is -0.385. The smallest absolute Gasteiger partial charge is 0.319 e. The molecule has 114 valence electrons. The van der Waals surface area contributed by atoms with Crippen LogP contribution in [-0.2, 0) is 0 Å². The minimum Gasteiger partial charge on any atom is -0.349 e. The normalized spacial score (nSPS) is 18.2. The average Bonchev–Trinajstić information content (AvgIpc) is 2.40. The van der Waals surface area contributed by atoms with Gasteiger partial charge in [-0.1, -0.05) is 25.4 Å². The highest BCUT2D eigenvalue weighted by molar-refractivity contribution is 6.32. The number of hydrogen-bond donors (Lipinski definition) is 1. The Morgan fingerprint density at radius 2 is 2.10 bits per heavy atom. The number of halogens is 1. The van der Waals surface area contributed by atoms with E-state index in [0.29, 0.717) is 5.41 Å². The lowest BCUT2D eigenvalue weighted by Gasteiger charge is -2.34. The minimum absolute atomic E-state index is 0.0372. The van der Waals surface area contributed by atoms with Crippen molar-refractivity contribution in [2.24, 2.45) is 5.41 Å². The van der Waals surface area contributed by atoms with Crippen molar-refractivity contribution in [2.45, 2.75) is 45.6 Å². The van der Waals surface area contributed by atoms with Crippen molar-refractivity contribution >= 4 is 23.2 Å². The highest BCUT2D eigenvalue weighted by Crippen LogP contribution is 2.35. The van der Waals surface area contributed by atoms with Gasteiger partial charge in [0.2, 0.25) is 5.15 Å². The van der Waals surface area contributed by atoms with E-state index in [0.717, 1.165) is 25.7 Å². The van der Waals surface area contributed by atoms with E-state index in [1.807, 2.05) is 0 Å². The van der Waals surface area contributed by atoms with Gasteiger partial charge in [0.15, 0.2) is 0 Å². The molecule has 1 aliphatic rings. The number of nitrogens with zero attached hydrogens (tertiary/aromatic N) is 2. The summed E-state index contributed by atoms with van der Waals surface area (Å²) in [7, 11) is 0. The fourth-order valence-electron chi connectivity index (χ4n) is 2.59. The van der Waals surface area contributed by atoms with Crippen LogP contribution in [0, 0.1) is 15.5 Å². The topological polar surface area (TPSA) is 85.1 Å². The molecule has 0 bridgehead atoms. The van der Waals surface area contributed by atoms with Crippen LogP contribution < -0.4 is 5.32 Å². The van der Waals surface area contributed by atoms with Gasteiger partial charge < -0.3 is 5.32 Å². The van der Waals surface area contributed by atoms with Crippen LogP contribution in [0.2, 0.25) is 5.15 Å². The number of carbonyl (C=O) groups excluding carboxylic acids is 1. The number of aromatic nitrogens is 1. The third kappa shape index (κ3) is 3.69. The molecule has 1 fully saturated rings. The number of carbonyl (C=O) groups is 1. The zero-order valence-electron chi connectivity index (χ0n) is 12.1. The first-order valence-electron chi connectivity index (χ1n) is 6.90. The maximum Gasteiger partial charge on any atom is 0.319 e. The average molecular weight is 312 g/mol. The molecule has 0 unspecified atom stereocenters. The molecule has 1 aromatic rings. The van der Waals surface area contributed by atoms with Crippen LogP contribution >= 0.6 is 11.6 Å². The maximum absolute atomic E-state index is 12.2. The quantitative estimate of drug-likeness (QED) is 0.527. The molecule has 1 aliphatic carbocycles. The predicted molar refractivity (Wildman–Crippen MR) is 79.4 cm³/mol.